The summed E-state index contributed by atoms with van der Waals surface area (Å²) < 4.78 is 0. The molecular formula is C22H22Cl3N3S. The summed E-state index contributed by atoms with van der Waals surface area (Å²) in [6, 6.07) is 21.6. The van der Waals surface area contributed by atoms with E-state index < -0.39 is 0 Å². The summed E-state index contributed by atoms with van der Waals surface area (Å²) in [4.78, 5) is 6.56. The predicted octanol–water partition coefficient (Wildman–Crippen LogP) is 6.29. The fraction of sp³-hybridized carbons (Fsp3) is 0.182. The monoisotopic (exact) mass is 465 g/mol. The molecule has 0 radical (unpaired) electrons. The molecule has 1 N–H and O–H groups in total. The molecule has 152 valence electrons. The normalized spacial score (nSPS) is 10.1. The van der Waals surface area contributed by atoms with E-state index in [1.165, 1.54) is 5.56 Å². The standard InChI is InChI=1S/C22H21Cl2N3S.ClH/c23-18-9-10-20(24)21(16-18)26-22(28)27(14-11-17-6-2-1-3-7-17)15-12-19-8-4-5-13-25-19;/h1-10,13,16H,11-12,14-15H2,(H,26,28);1H. The van der Waals surface area contributed by atoms with Crippen LogP contribution in [0.25, 0.3) is 0 Å². The van der Waals surface area contributed by atoms with Gasteiger partial charge in [0, 0.05) is 36.4 Å². The summed E-state index contributed by atoms with van der Waals surface area (Å²) >= 11 is 18.1. The van der Waals surface area contributed by atoms with E-state index in [2.05, 4.69) is 39.5 Å². The Bertz CT molecular complexity index is 864. The van der Waals surface area contributed by atoms with E-state index >= 15 is 0 Å². The second kappa shape index (κ2) is 12.0. The van der Waals surface area contributed by atoms with Crippen LogP contribution in [0.2, 0.25) is 10.0 Å². The molecule has 0 saturated carbocycles. The summed E-state index contributed by atoms with van der Waals surface area (Å²) in [5, 5.41) is 5.06. The van der Waals surface area contributed by atoms with E-state index in [1.807, 2.05) is 30.5 Å². The Balaban J connectivity index is 0.00000300. The number of halogens is 3. The van der Waals surface area contributed by atoms with Crippen LogP contribution in [-0.4, -0.2) is 28.1 Å². The molecule has 0 saturated heterocycles. The fourth-order valence-electron chi connectivity index (χ4n) is 2.81. The topological polar surface area (TPSA) is 28.2 Å². The van der Waals surface area contributed by atoms with Gasteiger partial charge in [-0.3, -0.25) is 4.98 Å². The first-order valence-corrected chi connectivity index (χ1v) is 10.2. The number of nitrogens with one attached hydrogen (secondary N) is 1. The molecule has 0 aliphatic rings. The van der Waals surface area contributed by atoms with Crippen molar-refractivity contribution in [2.75, 3.05) is 18.4 Å². The zero-order valence-electron chi connectivity index (χ0n) is 15.7. The van der Waals surface area contributed by atoms with Gasteiger partial charge in [0.15, 0.2) is 5.11 Å². The van der Waals surface area contributed by atoms with E-state index in [9.17, 15) is 0 Å². The van der Waals surface area contributed by atoms with Gasteiger partial charge in [-0.25, -0.2) is 0 Å². The van der Waals surface area contributed by atoms with Crippen LogP contribution in [0.5, 0.6) is 0 Å². The molecule has 29 heavy (non-hydrogen) atoms. The van der Waals surface area contributed by atoms with Gasteiger partial charge in [-0.15, -0.1) is 12.4 Å². The molecule has 1 heterocycles. The van der Waals surface area contributed by atoms with Crippen LogP contribution >= 0.6 is 47.8 Å². The minimum atomic E-state index is 0. The van der Waals surface area contributed by atoms with Crippen LogP contribution in [0.3, 0.4) is 0 Å². The van der Waals surface area contributed by atoms with Crippen molar-refractivity contribution in [2.45, 2.75) is 12.8 Å². The van der Waals surface area contributed by atoms with Gasteiger partial charge >= 0.3 is 0 Å². The highest BCUT2D eigenvalue weighted by Crippen LogP contribution is 2.25. The van der Waals surface area contributed by atoms with Crippen molar-refractivity contribution in [3.05, 3.63) is 94.2 Å². The number of rotatable bonds is 7. The van der Waals surface area contributed by atoms with Gasteiger partial charge < -0.3 is 10.2 Å². The highest BCUT2D eigenvalue weighted by Gasteiger charge is 2.12. The van der Waals surface area contributed by atoms with Crippen LogP contribution in [0, 0.1) is 0 Å². The number of anilines is 1. The van der Waals surface area contributed by atoms with Crippen molar-refractivity contribution >= 4 is 58.6 Å². The van der Waals surface area contributed by atoms with Crippen molar-refractivity contribution in [3.63, 3.8) is 0 Å². The smallest absolute Gasteiger partial charge is 0.173 e. The maximum atomic E-state index is 6.28. The molecular weight excluding hydrogens is 445 g/mol. The number of nitrogens with zero attached hydrogens (tertiary/aromatic N) is 2. The van der Waals surface area contributed by atoms with E-state index in [0.29, 0.717) is 20.8 Å². The lowest BCUT2D eigenvalue weighted by atomic mass is 10.1. The van der Waals surface area contributed by atoms with Gasteiger partial charge in [-0.1, -0.05) is 59.6 Å². The van der Waals surface area contributed by atoms with E-state index in [4.69, 9.17) is 35.4 Å². The summed E-state index contributed by atoms with van der Waals surface area (Å²) in [5.41, 5.74) is 3.02. The largest absolute Gasteiger partial charge is 0.348 e. The number of aromatic nitrogens is 1. The molecule has 7 heteroatoms. The predicted molar refractivity (Wildman–Crippen MR) is 130 cm³/mol. The van der Waals surface area contributed by atoms with Gasteiger partial charge in [0.2, 0.25) is 0 Å². The van der Waals surface area contributed by atoms with Crippen molar-refractivity contribution in [2.24, 2.45) is 0 Å². The molecule has 0 aliphatic heterocycles. The van der Waals surface area contributed by atoms with Gasteiger partial charge in [0.05, 0.1) is 10.7 Å². The van der Waals surface area contributed by atoms with E-state index in [-0.39, 0.29) is 12.4 Å². The maximum Gasteiger partial charge on any atom is 0.173 e. The number of hydrogen-bond donors (Lipinski definition) is 1. The Hall–Kier alpha value is -1.85. The first kappa shape index (κ1) is 23.4. The van der Waals surface area contributed by atoms with Crippen molar-refractivity contribution in [1.82, 2.24) is 9.88 Å². The second-order valence-electron chi connectivity index (χ2n) is 6.35. The summed E-state index contributed by atoms with van der Waals surface area (Å²) in [6.07, 6.45) is 3.51. The molecule has 0 atom stereocenters. The number of hydrogen-bond acceptors (Lipinski definition) is 2. The molecule has 0 amide bonds. The van der Waals surface area contributed by atoms with Crippen LogP contribution in [0.1, 0.15) is 11.3 Å². The van der Waals surface area contributed by atoms with Gasteiger partial charge in [-0.2, -0.15) is 0 Å². The number of thiocarbonyl (C=S) groups is 1. The molecule has 0 unspecified atom stereocenters. The maximum absolute atomic E-state index is 6.28. The second-order valence-corrected chi connectivity index (χ2v) is 7.58. The highest BCUT2D eigenvalue weighted by atomic mass is 35.5. The highest BCUT2D eigenvalue weighted by molar-refractivity contribution is 7.80. The quantitative estimate of drug-likeness (QED) is 0.414. The van der Waals surface area contributed by atoms with Crippen molar-refractivity contribution in [3.8, 4) is 0 Å². The Labute approximate surface area is 193 Å². The first-order valence-electron chi connectivity index (χ1n) is 9.06. The summed E-state index contributed by atoms with van der Waals surface area (Å²) in [7, 11) is 0. The molecule has 1 aromatic heterocycles. The molecule has 3 nitrogen and oxygen atoms in total. The van der Waals surface area contributed by atoms with Crippen molar-refractivity contribution in [1.29, 1.82) is 0 Å². The summed E-state index contributed by atoms with van der Waals surface area (Å²) in [6.45, 7) is 1.55. The summed E-state index contributed by atoms with van der Waals surface area (Å²) in [5.74, 6) is 0. The first-order chi connectivity index (χ1) is 13.6. The molecule has 3 aromatic rings. The minimum absolute atomic E-state index is 0. The van der Waals surface area contributed by atoms with Gasteiger partial charge in [0.1, 0.15) is 0 Å². The lowest BCUT2D eigenvalue weighted by Gasteiger charge is -2.26. The third-order valence-electron chi connectivity index (χ3n) is 4.33. The van der Waals surface area contributed by atoms with Gasteiger partial charge in [0.25, 0.3) is 0 Å². The number of benzene rings is 2. The lowest BCUT2D eigenvalue weighted by molar-refractivity contribution is 0.430. The Morgan fingerprint density at radius 2 is 1.66 bits per heavy atom. The third-order valence-corrected chi connectivity index (χ3v) is 5.26. The average molecular weight is 467 g/mol. The third kappa shape index (κ3) is 7.48. The zero-order valence-corrected chi connectivity index (χ0v) is 18.9. The molecule has 2 aromatic carbocycles. The molecule has 0 aliphatic carbocycles. The van der Waals surface area contributed by atoms with E-state index in [1.54, 1.807) is 18.2 Å². The molecule has 0 spiro atoms. The Morgan fingerprint density at radius 1 is 0.931 bits per heavy atom. The van der Waals surface area contributed by atoms with Crippen LogP contribution < -0.4 is 5.32 Å². The molecule has 0 fully saturated rings. The Morgan fingerprint density at radius 3 is 2.38 bits per heavy atom. The van der Waals surface area contributed by atoms with Crippen LogP contribution in [0.15, 0.2) is 72.9 Å². The Kier molecular flexibility index (Phi) is 9.68. The fourth-order valence-corrected chi connectivity index (χ4v) is 3.44. The lowest BCUT2D eigenvalue weighted by Crippen LogP contribution is -2.38. The van der Waals surface area contributed by atoms with Crippen LogP contribution in [-0.2, 0) is 12.8 Å². The van der Waals surface area contributed by atoms with E-state index in [0.717, 1.165) is 31.6 Å². The average Bonchev–Trinajstić information content (AvgIpc) is 2.72. The van der Waals surface area contributed by atoms with Crippen molar-refractivity contribution < 1.29 is 0 Å². The molecule has 3 rings (SSSR count). The SMILES string of the molecule is Cl.S=C(Nc1cc(Cl)ccc1Cl)N(CCc1ccccc1)CCc1ccccn1. The zero-order chi connectivity index (χ0) is 19.8. The van der Waals surface area contributed by atoms with Gasteiger partial charge in [-0.05, 0) is 54.5 Å². The minimum Gasteiger partial charge on any atom is -0.348 e. The molecule has 0 bridgehead atoms. The van der Waals surface area contributed by atoms with Crippen LogP contribution in [0.4, 0.5) is 5.69 Å². The number of pyridine rings is 1.